The Morgan fingerprint density at radius 2 is 2.12 bits per heavy atom. The van der Waals surface area contributed by atoms with Crippen LogP contribution in [0.3, 0.4) is 0 Å². The lowest BCUT2D eigenvalue weighted by molar-refractivity contribution is -0.00175. The van der Waals surface area contributed by atoms with Gasteiger partial charge in [-0.3, -0.25) is 0 Å². The molecule has 1 aliphatic heterocycles. The summed E-state index contributed by atoms with van der Waals surface area (Å²) in [5.41, 5.74) is 0.167. The molecule has 0 amide bonds. The molecule has 2 heterocycles. The van der Waals surface area contributed by atoms with Gasteiger partial charge in [0, 0.05) is 16.9 Å². The van der Waals surface area contributed by atoms with Crippen LogP contribution in [0.1, 0.15) is 21.6 Å². The van der Waals surface area contributed by atoms with Crippen LogP contribution in [0.15, 0.2) is 29.6 Å². The summed E-state index contributed by atoms with van der Waals surface area (Å²) < 4.78 is 16.8. The number of rotatable bonds is 6. The molecule has 0 bridgehead atoms. The van der Waals surface area contributed by atoms with Crippen LogP contribution in [0.4, 0.5) is 0 Å². The summed E-state index contributed by atoms with van der Waals surface area (Å²) in [4.78, 5) is 16.5. The topological polar surface area (TPSA) is 77.9 Å². The normalized spacial score (nSPS) is 18.4. The standard InChI is InChI=1S/C16H17NO5S3/c18-10(6-23)14(7-24)22-16(19)9-8-25-15(17-9)13-5-20-11-3-1-2-4-12(11)21-13/h1-4,8,10,13-14,18,23-24H,5-7H2. The molecule has 2 aromatic rings. The van der Waals surface area contributed by atoms with Gasteiger partial charge in [-0.05, 0) is 12.1 Å². The second-order valence-electron chi connectivity index (χ2n) is 5.31. The van der Waals surface area contributed by atoms with E-state index in [2.05, 4.69) is 30.2 Å². The van der Waals surface area contributed by atoms with Crippen molar-refractivity contribution in [3.63, 3.8) is 0 Å². The number of carbonyl (C=O) groups is 1. The van der Waals surface area contributed by atoms with Crippen molar-refractivity contribution in [3.05, 3.63) is 40.3 Å². The lowest BCUT2D eigenvalue weighted by Crippen LogP contribution is -2.34. The number of esters is 1. The van der Waals surface area contributed by atoms with Crippen molar-refractivity contribution < 1.29 is 24.1 Å². The zero-order chi connectivity index (χ0) is 17.8. The highest BCUT2D eigenvalue weighted by atomic mass is 32.1. The van der Waals surface area contributed by atoms with E-state index < -0.39 is 18.2 Å². The van der Waals surface area contributed by atoms with E-state index in [-0.39, 0.29) is 23.3 Å². The molecule has 25 heavy (non-hydrogen) atoms. The van der Waals surface area contributed by atoms with Crippen molar-refractivity contribution in [1.29, 1.82) is 0 Å². The van der Waals surface area contributed by atoms with Crippen LogP contribution in [0.2, 0.25) is 0 Å². The van der Waals surface area contributed by atoms with Gasteiger partial charge in [0.15, 0.2) is 23.3 Å². The monoisotopic (exact) mass is 399 g/mol. The van der Waals surface area contributed by atoms with Crippen LogP contribution in [0.5, 0.6) is 11.5 Å². The fraction of sp³-hybridized carbons (Fsp3) is 0.375. The Morgan fingerprint density at radius 3 is 2.84 bits per heavy atom. The number of ether oxygens (including phenoxy) is 3. The highest BCUT2D eigenvalue weighted by Gasteiger charge is 2.27. The maximum absolute atomic E-state index is 12.2. The number of hydrogen-bond acceptors (Lipinski definition) is 9. The van der Waals surface area contributed by atoms with Crippen LogP contribution in [0.25, 0.3) is 0 Å². The molecule has 1 aliphatic rings. The van der Waals surface area contributed by atoms with Crippen molar-refractivity contribution in [2.24, 2.45) is 0 Å². The summed E-state index contributed by atoms with van der Waals surface area (Å²) in [5, 5.41) is 12.0. The number of carbonyl (C=O) groups excluding carboxylic acids is 1. The number of thiazole rings is 1. The molecular formula is C16H17NO5S3. The molecule has 1 aromatic carbocycles. The van der Waals surface area contributed by atoms with E-state index in [0.29, 0.717) is 23.1 Å². The number of thiol groups is 2. The minimum atomic E-state index is -0.880. The lowest BCUT2D eigenvalue weighted by Gasteiger charge is -2.24. The Bertz CT molecular complexity index is 738. The Labute approximate surface area is 160 Å². The maximum Gasteiger partial charge on any atom is 0.358 e. The first-order valence-corrected chi connectivity index (χ1v) is 9.71. The minimum Gasteiger partial charge on any atom is -0.485 e. The maximum atomic E-state index is 12.2. The smallest absolute Gasteiger partial charge is 0.358 e. The molecule has 134 valence electrons. The summed E-state index contributed by atoms with van der Waals surface area (Å²) in [6, 6.07) is 7.39. The molecule has 3 atom stereocenters. The molecule has 0 aliphatic carbocycles. The third-order valence-electron chi connectivity index (χ3n) is 3.57. The molecule has 3 unspecified atom stereocenters. The predicted octanol–water partition coefficient (Wildman–Crippen LogP) is 2.40. The van der Waals surface area contributed by atoms with Crippen molar-refractivity contribution >= 4 is 42.6 Å². The van der Waals surface area contributed by atoms with Crippen LogP contribution < -0.4 is 9.47 Å². The van der Waals surface area contributed by atoms with Gasteiger partial charge in [0.2, 0.25) is 0 Å². The fourth-order valence-corrected chi connectivity index (χ4v) is 3.58. The van der Waals surface area contributed by atoms with E-state index in [0.717, 1.165) is 0 Å². The first-order chi connectivity index (χ1) is 12.1. The van der Waals surface area contributed by atoms with Gasteiger partial charge < -0.3 is 19.3 Å². The van der Waals surface area contributed by atoms with Crippen molar-refractivity contribution in [3.8, 4) is 11.5 Å². The molecule has 0 radical (unpaired) electrons. The van der Waals surface area contributed by atoms with Gasteiger partial charge in [-0.2, -0.15) is 25.3 Å². The number of aliphatic hydroxyl groups excluding tert-OH is 1. The van der Waals surface area contributed by atoms with Crippen LogP contribution in [-0.2, 0) is 4.74 Å². The number of nitrogens with zero attached hydrogens (tertiary/aromatic N) is 1. The van der Waals surface area contributed by atoms with Gasteiger partial charge in [0.25, 0.3) is 0 Å². The molecular weight excluding hydrogens is 382 g/mol. The van der Waals surface area contributed by atoms with Gasteiger partial charge in [-0.1, -0.05) is 12.1 Å². The molecule has 9 heteroatoms. The average molecular weight is 400 g/mol. The Balaban J connectivity index is 1.67. The van der Waals surface area contributed by atoms with Gasteiger partial charge in [0.05, 0.1) is 0 Å². The van der Waals surface area contributed by atoms with Crippen molar-refractivity contribution in [2.75, 3.05) is 18.1 Å². The van der Waals surface area contributed by atoms with Gasteiger partial charge in [-0.15, -0.1) is 11.3 Å². The third kappa shape index (κ3) is 4.22. The van der Waals surface area contributed by atoms with E-state index in [1.54, 1.807) is 5.38 Å². The number of benzene rings is 1. The number of para-hydroxylation sites is 2. The zero-order valence-corrected chi connectivity index (χ0v) is 15.7. The van der Waals surface area contributed by atoms with Crippen LogP contribution in [-0.4, -0.2) is 46.4 Å². The highest BCUT2D eigenvalue weighted by Crippen LogP contribution is 2.36. The molecule has 1 N–H and O–H groups in total. The third-order valence-corrected chi connectivity index (χ3v) is 5.24. The molecule has 3 rings (SSSR count). The number of fused-ring (bicyclic) bond motifs is 1. The Kier molecular flexibility index (Phi) is 6.10. The molecule has 0 saturated carbocycles. The first kappa shape index (κ1) is 18.4. The van der Waals surface area contributed by atoms with Crippen LogP contribution in [0, 0.1) is 0 Å². The summed E-state index contributed by atoms with van der Waals surface area (Å²) in [5.74, 6) is 1.09. The summed E-state index contributed by atoms with van der Waals surface area (Å²) in [7, 11) is 0. The number of hydrogen-bond donors (Lipinski definition) is 3. The van der Waals surface area contributed by atoms with E-state index >= 15 is 0 Å². The van der Waals surface area contributed by atoms with Crippen molar-refractivity contribution in [2.45, 2.75) is 18.3 Å². The van der Waals surface area contributed by atoms with Gasteiger partial charge in [-0.25, -0.2) is 9.78 Å². The SMILES string of the molecule is O=C(OC(CS)C(O)CS)c1csc(C2COc3ccccc3O2)n1. The molecule has 0 spiro atoms. The predicted molar refractivity (Wildman–Crippen MR) is 100 cm³/mol. The molecule has 0 fully saturated rings. The second-order valence-corrected chi connectivity index (χ2v) is 6.93. The Morgan fingerprint density at radius 1 is 1.36 bits per heavy atom. The minimum absolute atomic E-state index is 0.167. The summed E-state index contributed by atoms with van der Waals surface area (Å²) in [6.45, 7) is 0.316. The molecule has 1 aromatic heterocycles. The largest absolute Gasteiger partial charge is 0.485 e. The fourth-order valence-electron chi connectivity index (χ4n) is 2.22. The van der Waals surface area contributed by atoms with E-state index in [1.807, 2.05) is 24.3 Å². The lowest BCUT2D eigenvalue weighted by atomic mass is 10.2. The number of aliphatic hydroxyl groups is 1. The van der Waals surface area contributed by atoms with Gasteiger partial charge >= 0.3 is 5.97 Å². The summed E-state index contributed by atoms with van der Waals surface area (Å²) >= 11 is 9.38. The highest BCUT2D eigenvalue weighted by molar-refractivity contribution is 7.80. The quantitative estimate of drug-likeness (QED) is 0.512. The van der Waals surface area contributed by atoms with Crippen LogP contribution >= 0.6 is 36.6 Å². The number of aromatic nitrogens is 1. The Hall–Kier alpha value is -1.42. The van der Waals surface area contributed by atoms with Crippen molar-refractivity contribution in [1.82, 2.24) is 4.98 Å². The van der Waals surface area contributed by atoms with Gasteiger partial charge in [0.1, 0.15) is 23.8 Å². The molecule has 6 nitrogen and oxygen atoms in total. The summed E-state index contributed by atoms with van der Waals surface area (Å²) in [6.07, 6.45) is -2.00. The average Bonchev–Trinajstić information content (AvgIpc) is 3.15. The molecule has 0 saturated heterocycles. The van der Waals surface area contributed by atoms with E-state index in [4.69, 9.17) is 14.2 Å². The van der Waals surface area contributed by atoms with E-state index in [1.165, 1.54) is 11.3 Å². The first-order valence-electron chi connectivity index (χ1n) is 7.57. The second kappa shape index (κ2) is 8.31. The zero-order valence-electron chi connectivity index (χ0n) is 13.1. The van der Waals surface area contributed by atoms with E-state index in [9.17, 15) is 9.90 Å².